The van der Waals surface area contributed by atoms with Crippen LogP contribution in [0, 0.1) is 18.8 Å². The third-order valence-corrected chi connectivity index (χ3v) is 2.29. The summed E-state index contributed by atoms with van der Waals surface area (Å²) < 4.78 is 0. The second-order valence-corrected chi connectivity index (χ2v) is 3.79. The molecule has 0 unspecified atom stereocenters. The van der Waals surface area contributed by atoms with Crippen LogP contribution in [0.15, 0.2) is 18.2 Å². The van der Waals surface area contributed by atoms with Gasteiger partial charge in [-0.1, -0.05) is 17.9 Å². The molecular formula is C14H18N2O2. The van der Waals surface area contributed by atoms with Crippen molar-refractivity contribution in [3.8, 4) is 11.8 Å². The van der Waals surface area contributed by atoms with E-state index in [0.717, 1.165) is 16.8 Å². The Bertz CT molecular complexity index is 472. The molecule has 3 N–H and O–H groups in total. The summed E-state index contributed by atoms with van der Waals surface area (Å²) in [6.45, 7) is 4.43. The molecule has 96 valence electrons. The van der Waals surface area contributed by atoms with Crippen molar-refractivity contribution in [2.45, 2.75) is 20.3 Å². The first-order chi connectivity index (χ1) is 8.67. The minimum Gasteiger partial charge on any atom is -0.395 e. The van der Waals surface area contributed by atoms with E-state index >= 15 is 0 Å². The topological polar surface area (TPSA) is 61.4 Å². The summed E-state index contributed by atoms with van der Waals surface area (Å²) in [7, 11) is 0. The summed E-state index contributed by atoms with van der Waals surface area (Å²) in [5, 5.41) is 14.1. The smallest absolute Gasteiger partial charge is 0.319 e. The van der Waals surface area contributed by atoms with Crippen LogP contribution in [0.3, 0.4) is 0 Å². The average Bonchev–Trinajstić information content (AvgIpc) is 2.34. The van der Waals surface area contributed by atoms with Crippen LogP contribution in [0.25, 0.3) is 0 Å². The number of aliphatic hydroxyl groups is 1. The van der Waals surface area contributed by atoms with Gasteiger partial charge >= 0.3 is 6.03 Å². The van der Waals surface area contributed by atoms with Gasteiger partial charge in [0.25, 0.3) is 0 Å². The Hall–Kier alpha value is -1.99. The molecule has 1 aromatic carbocycles. The predicted octanol–water partition coefficient (Wildman–Crippen LogP) is 1.87. The van der Waals surface area contributed by atoms with Crippen molar-refractivity contribution in [1.82, 2.24) is 5.32 Å². The third-order valence-electron chi connectivity index (χ3n) is 2.29. The first-order valence-corrected chi connectivity index (χ1v) is 5.92. The highest BCUT2D eigenvalue weighted by atomic mass is 16.2. The lowest BCUT2D eigenvalue weighted by atomic mass is 10.1. The lowest BCUT2D eigenvalue weighted by Gasteiger charge is -2.09. The normalized spacial score (nSPS) is 9.28. The van der Waals surface area contributed by atoms with Crippen molar-refractivity contribution in [1.29, 1.82) is 0 Å². The highest BCUT2D eigenvalue weighted by Gasteiger charge is 2.03. The predicted molar refractivity (Wildman–Crippen MR) is 72.5 cm³/mol. The van der Waals surface area contributed by atoms with Gasteiger partial charge in [0.05, 0.1) is 6.61 Å². The summed E-state index contributed by atoms with van der Waals surface area (Å²) >= 11 is 0. The van der Waals surface area contributed by atoms with Crippen LogP contribution < -0.4 is 10.6 Å². The number of carbonyl (C=O) groups is 1. The van der Waals surface area contributed by atoms with Crippen LogP contribution in [-0.2, 0) is 0 Å². The molecule has 0 aromatic heterocycles. The molecule has 18 heavy (non-hydrogen) atoms. The first kappa shape index (κ1) is 14.1. The fourth-order valence-electron chi connectivity index (χ4n) is 1.38. The van der Waals surface area contributed by atoms with Gasteiger partial charge < -0.3 is 15.7 Å². The van der Waals surface area contributed by atoms with E-state index in [-0.39, 0.29) is 12.6 Å². The summed E-state index contributed by atoms with van der Waals surface area (Å²) in [6, 6.07) is 5.41. The molecular weight excluding hydrogens is 228 g/mol. The maximum Gasteiger partial charge on any atom is 0.319 e. The van der Waals surface area contributed by atoms with E-state index in [1.54, 1.807) is 0 Å². The molecule has 1 aromatic rings. The molecule has 0 heterocycles. The number of aryl methyl sites for hydroxylation is 1. The number of carbonyl (C=O) groups excluding carboxylic acids is 1. The van der Waals surface area contributed by atoms with E-state index < -0.39 is 0 Å². The van der Waals surface area contributed by atoms with Crippen molar-refractivity contribution in [3.05, 3.63) is 29.3 Å². The molecule has 1 rings (SSSR count). The number of rotatable bonds is 3. The minimum atomic E-state index is -0.221. The van der Waals surface area contributed by atoms with E-state index in [4.69, 9.17) is 5.11 Å². The Labute approximate surface area is 107 Å². The van der Waals surface area contributed by atoms with E-state index in [2.05, 4.69) is 22.5 Å². The van der Waals surface area contributed by atoms with Crippen molar-refractivity contribution < 1.29 is 9.90 Å². The number of hydrogen-bond donors (Lipinski definition) is 3. The zero-order chi connectivity index (χ0) is 13.4. The SMILES string of the molecule is CCNC(=O)Nc1cc(C#CCCO)ccc1C. The van der Waals surface area contributed by atoms with Gasteiger partial charge in [-0.15, -0.1) is 0 Å². The molecule has 0 atom stereocenters. The van der Waals surface area contributed by atoms with Crippen LogP contribution in [0.5, 0.6) is 0 Å². The molecule has 0 spiro atoms. The molecule has 2 amide bonds. The molecule has 0 fully saturated rings. The quantitative estimate of drug-likeness (QED) is 0.713. The number of hydrogen-bond acceptors (Lipinski definition) is 2. The van der Waals surface area contributed by atoms with Gasteiger partial charge in [-0.25, -0.2) is 4.79 Å². The average molecular weight is 246 g/mol. The van der Waals surface area contributed by atoms with Crippen LogP contribution >= 0.6 is 0 Å². The van der Waals surface area contributed by atoms with E-state index in [0.29, 0.717) is 13.0 Å². The molecule has 0 aliphatic rings. The molecule has 0 saturated heterocycles. The Morgan fingerprint density at radius 2 is 2.22 bits per heavy atom. The fourth-order valence-corrected chi connectivity index (χ4v) is 1.38. The van der Waals surface area contributed by atoms with E-state index in [1.807, 2.05) is 32.0 Å². The molecule has 0 saturated carbocycles. The summed E-state index contributed by atoms with van der Waals surface area (Å²) in [5.74, 6) is 5.78. The van der Waals surface area contributed by atoms with Crippen LogP contribution in [0.2, 0.25) is 0 Å². The Kier molecular flexibility index (Phi) is 5.75. The molecule has 0 aliphatic carbocycles. The number of amides is 2. The van der Waals surface area contributed by atoms with Gasteiger partial charge in [0.2, 0.25) is 0 Å². The zero-order valence-corrected chi connectivity index (χ0v) is 10.7. The highest BCUT2D eigenvalue weighted by Crippen LogP contribution is 2.16. The number of aliphatic hydroxyl groups excluding tert-OH is 1. The lowest BCUT2D eigenvalue weighted by Crippen LogP contribution is -2.28. The van der Waals surface area contributed by atoms with Gasteiger partial charge in [-0.2, -0.15) is 0 Å². The number of nitrogens with one attached hydrogen (secondary N) is 2. The highest BCUT2D eigenvalue weighted by molar-refractivity contribution is 5.90. The van der Waals surface area contributed by atoms with Crippen molar-refractivity contribution in [2.24, 2.45) is 0 Å². The lowest BCUT2D eigenvalue weighted by molar-refractivity contribution is 0.252. The maximum absolute atomic E-state index is 11.4. The summed E-state index contributed by atoms with van der Waals surface area (Å²) in [5.41, 5.74) is 2.55. The Balaban J connectivity index is 2.82. The number of benzene rings is 1. The van der Waals surface area contributed by atoms with Gasteiger partial charge in [0.1, 0.15) is 0 Å². The monoisotopic (exact) mass is 246 g/mol. The largest absolute Gasteiger partial charge is 0.395 e. The van der Waals surface area contributed by atoms with Crippen molar-refractivity contribution >= 4 is 11.7 Å². The Morgan fingerprint density at radius 1 is 1.44 bits per heavy atom. The number of urea groups is 1. The summed E-state index contributed by atoms with van der Waals surface area (Å²) in [6.07, 6.45) is 0.451. The fraction of sp³-hybridized carbons (Fsp3) is 0.357. The Morgan fingerprint density at radius 3 is 2.89 bits per heavy atom. The standard InChI is InChI=1S/C14H18N2O2/c1-3-15-14(18)16-13-10-12(6-4-5-9-17)8-7-11(13)2/h7-8,10,17H,3,5,9H2,1-2H3,(H2,15,16,18). The van der Waals surface area contributed by atoms with E-state index in [1.165, 1.54) is 0 Å². The summed E-state index contributed by atoms with van der Waals surface area (Å²) in [4.78, 5) is 11.4. The first-order valence-electron chi connectivity index (χ1n) is 5.92. The van der Waals surface area contributed by atoms with Gasteiger partial charge in [0, 0.05) is 24.2 Å². The number of anilines is 1. The minimum absolute atomic E-state index is 0.0584. The van der Waals surface area contributed by atoms with Crippen molar-refractivity contribution in [2.75, 3.05) is 18.5 Å². The molecule has 4 nitrogen and oxygen atoms in total. The van der Waals surface area contributed by atoms with Gasteiger partial charge in [-0.3, -0.25) is 0 Å². The third kappa shape index (κ3) is 4.48. The molecule has 4 heteroatoms. The second kappa shape index (κ2) is 7.36. The van der Waals surface area contributed by atoms with Crippen LogP contribution in [0.1, 0.15) is 24.5 Å². The molecule has 0 aliphatic heterocycles. The van der Waals surface area contributed by atoms with E-state index in [9.17, 15) is 4.79 Å². The second-order valence-electron chi connectivity index (χ2n) is 3.79. The van der Waals surface area contributed by atoms with Crippen molar-refractivity contribution in [3.63, 3.8) is 0 Å². The van der Waals surface area contributed by atoms with Crippen LogP contribution in [-0.4, -0.2) is 24.3 Å². The van der Waals surface area contributed by atoms with Crippen LogP contribution in [0.4, 0.5) is 10.5 Å². The molecule has 0 bridgehead atoms. The molecule has 0 radical (unpaired) electrons. The maximum atomic E-state index is 11.4. The van der Waals surface area contributed by atoms with Gasteiger partial charge in [-0.05, 0) is 31.5 Å². The zero-order valence-electron chi connectivity index (χ0n) is 10.7. The van der Waals surface area contributed by atoms with Gasteiger partial charge in [0.15, 0.2) is 0 Å².